The quantitative estimate of drug-likeness (QED) is 0.801. The molecule has 1 fully saturated rings. The lowest BCUT2D eigenvalue weighted by Crippen LogP contribution is -2.27. The van der Waals surface area contributed by atoms with Crippen LogP contribution < -0.4 is 11.0 Å². The van der Waals surface area contributed by atoms with Gasteiger partial charge in [-0.3, -0.25) is 9.13 Å². The highest BCUT2D eigenvalue weighted by Gasteiger charge is 2.22. The molecule has 0 bridgehead atoms. The van der Waals surface area contributed by atoms with Crippen LogP contribution in [0, 0.1) is 5.82 Å². The molecule has 1 N–H and O–H groups in total. The van der Waals surface area contributed by atoms with Gasteiger partial charge in [0.2, 0.25) is 0 Å². The highest BCUT2D eigenvalue weighted by Crippen LogP contribution is 2.21. The maximum atomic E-state index is 13.3. The number of halogens is 1. The van der Waals surface area contributed by atoms with E-state index in [4.69, 9.17) is 0 Å². The van der Waals surface area contributed by atoms with E-state index in [1.165, 1.54) is 12.1 Å². The van der Waals surface area contributed by atoms with Crippen LogP contribution in [-0.2, 0) is 7.05 Å². The molecule has 1 aromatic heterocycles. The third-order valence-corrected chi connectivity index (χ3v) is 3.45. The second-order valence-corrected chi connectivity index (χ2v) is 4.49. The molecule has 1 aromatic carbocycles. The van der Waals surface area contributed by atoms with Crippen LogP contribution >= 0.6 is 0 Å². The van der Waals surface area contributed by atoms with E-state index in [2.05, 4.69) is 5.32 Å². The highest BCUT2D eigenvalue weighted by atomic mass is 19.1. The Balaban J connectivity index is 2.31. The molecule has 4 nitrogen and oxygen atoms in total. The van der Waals surface area contributed by atoms with Crippen molar-refractivity contribution in [3.05, 3.63) is 34.5 Å². The standard InChI is InChI=1S/C12H14FN3O/c1-15-10-3-2-8(13)6-11(10)16(12(15)17)9-4-5-14-7-9/h2-3,6,9,14H,4-5,7H2,1H3. The Morgan fingerprint density at radius 2 is 2.24 bits per heavy atom. The molecule has 17 heavy (non-hydrogen) atoms. The van der Waals surface area contributed by atoms with Crippen LogP contribution in [0.4, 0.5) is 4.39 Å². The van der Waals surface area contributed by atoms with Crippen LogP contribution in [0.5, 0.6) is 0 Å². The molecule has 1 aliphatic heterocycles. The predicted molar refractivity (Wildman–Crippen MR) is 63.7 cm³/mol. The molecule has 1 unspecified atom stereocenters. The molecule has 0 spiro atoms. The van der Waals surface area contributed by atoms with Crippen molar-refractivity contribution in [2.45, 2.75) is 12.5 Å². The van der Waals surface area contributed by atoms with Gasteiger partial charge in [-0.05, 0) is 31.2 Å². The van der Waals surface area contributed by atoms with E-state index >= 15 is 0 Å². The van der Waals surface area contributed by atoms with E-state index in [0.717, 1.165) is 25.0 Å². The second-order valence-electron chi connectivity index (χ2n) is 4.49. The Hall–Kier alpha value is -1.62. The Kier molecular flexibility index (Phi) is 2.29. The summed E-state index contributed by atoms with van der Waals surface area (Å²) < 4.78 is 16.6. The number of nitrogens with one attached hydrogen (secondary N) is 1. The first-order chi connectivity index (χ1) is 8.18. The molecule has 3 rings (SSSR count). The van der Waals surface area contributed by atoms with Crippen molar-refractivity contribution in [1.82, 2.24) is 14.5 Å². The van der Waals surface area contributed by atoms with Crippen molar-refractivity contribution in [3.63, 3.8) is 0 Å². The molecule has 0 aliphatic carbocycles. The van der Waals surface area contributed by atoms with E-state index in [1.54, 1.807) is 22.2 Å². The number of benzene rings is 1. The van der Waals surface area contributed by atoms with Crippen molar-refractivity contribution < 1.29 is 4.39 Å². The lowest BCUT2D eigenvalue weighted by molar-refractivity contribution is 0.534. The lowest BCUT2D eigenvalue weighted by Gasteiger charge is -2.10. The lowest BCUT2D eigenvalue weighted by atomic mass is 10.2. The molecular formula is C12H14FN3O. The Labute approximate surface area is 97.7 Å². The number of nitrogens with zero attached hydrogens (tertiary/aromatic N) is 2. The molecule has 1 saturated heterocycles. The van der Waals surface area contributed by atoms with Gasteiger partial charge < -0.3 is 5.32 Å². The van der Waals surface area contributed by atoms with Crippen LogP contribution in [0.25, 0.3) is 11.0 Å². The van der Waals surface area contributed by atoms with Crippen LogP contribution in [-0.4, -0.2) is 22.2 Å². The third-order valence-electron chi connectivity index (χ3n) is 3.45. The van der Waals surface area contributed by atoms with Gasteiger partial charge >= 0.3 is 5.69 Å². The van der Waals surface area contributed by atoms with E-state index < -0.39 is 0 Å². The highest BCUT2D eigenvalue weighted by molar-refractivity contribution is 5.76. The zero-order valence-corrected chi connectivity index (χ0v) is 9.61. The van der Waals surface area contributed by atoms with Crippen LogP contribution in [0.15, 0.2) is 23.0 Å². The number of aromatic nitrogens is 2. The molecular weight excluding hydrogens is 221 g/mol. The zero-order chi connectivity index (χ0) is 12.0. The predicted octanol–water partition coefficient (Wildman–Crippen LogP) is 1.01. The van der Waals surface area contributed by atoms with Gasteiger partial charge in [0.1, 0.15) is 5.82 Å². The average Bonchev–Trinajstić information content (AvgIpc) is 2.88. The van der Waals surface area contributed by atoms with Crippen molar-refractivity contribution in [2.75, 3.05) is 13.1 Å². The molecule has 0 amide bonds. The summed E-state index contributed by atoms with van der Waals surface area (Å²) in [5.74, 6) is -0.303. The van der Waals surface area contributed by atoms with Crippen LogP contribution in [0.1, 0.15) is 12.5 Å². The number of imidazole rings is 1. The number of rotatable bonds is 1. The zero-order valence-electron chi connectivity index (χ0n) is 9.61. The van der Waals surface area contributed by atoms with Gasteiger partial charge in [0.05, 0.1) is 17.1 Å². The van der Waals surface area contributed by atoms with Crippen LogP contribution in [0.2, 0.25) is 0 Å². The Morgan fingerprint density at radius 3 is 2.94 bits per heavy atom. The summed E-state index contributed by atoms with van der Waals surface area (Å²) in [5.41, 5.74) is 1.40. The van der Waals surface area contributed by atoms with Gasteiger partial charge in [-0.25, -0.2) is 9.18 Å². The topological polar surface area (TPSA) is 39.0 Å². The molecule has 0 saturated carbocycles. The minimum absolute atomic E-state index is 0.0701. The SMILES string of the molecule is Cn1c(=O)n(C2CCNC2)c2cc(F)ccc21. The summed E-state index contributed by atoms with van der Waals surface area (Å²) in [6, 6.07) is 4.62. The van der Waals surface area contributed by atoms with Gasteiger partial charge in [0, 0.05) is 13.6 Å². The summed E-state index contributed by atoms with van der Waals surface area (Å²) in [4.78, 5) is 12.2. The molecule has 0 radical (unpaired) electrons. The van der Waals surface area contributed by atoms with Crippen LogP contribution in [0.3, 0.4) is 0 Å². The number of aryl methyl sites for hydroxylation is 1. The number of fused-ring (bicyclic) bond motifs is 1. The normalized spacial score (nSPS) is 20.2. The van der Waals surface area contributed by atoms with Crippen molar-refractivity contribution in [2.24, 2.45) is 7.05 Å². The van der Waals surface area contributed by atoms with Gasteiger partial charge in [-0.1, -0.05) is 0 Å². The minimum atomic E-state index is -0.303. The molecule has 5 heteroatoms. The summed E-state index contributed by atoms with van der Waals surface area (Å²) in [6.45, 7) is 1.68. The monoisotopic (exact) mass is 235 g/mol. The Morgan fingerprint density at radius 1 is 1.41 bits per heavy atom. The fourth-order valence-corrected chi connectivity index (χ4v) is 2.55. The summed E-state index contributed by atoms with van der Waals surface area (Å²) >= 11 is 0. The van der Waals surface area contributed by atoms with E-state index in [0.29, 0.717) is 5.52 Å². The molecule has 2 heterocycles. The molecule has 90 valence electrons. The molecule has 1 aliphatic rings. The van der Waals surface area contributed by atoms with Crippen molar-refractivity contribution in [3.8, 4) is 0 Å². The van der Waals surface area contributed by atoms with Gasteiger partial charge in [-0.2, -0.15) is 0 Å². The smallest absolute Gasteiger partial charge is 0.315 e. The first-order valence-electron chi connectivity index (χ1n) is 5.75. The van der Waals surface area contributed by atoms with Gasteiger partial charge in [0.15, 0.2) is 0 Å². The van der Waals surface area contributed by atoms with Gasteiger partial charge in [0.25, 0.3) is 0 Å². The first-order valence-corrected chi connectivity index (χ1v) is 5.75. The van der Waals surface area contributed by atoms with E-state index in [9.17, 15) is 9.18 Å². The summed E-state index contributed by atoms with van der Waals surface area (Å²) in [7, 11) is 1.72. The largest absolute Gasteiger partial charge is 0.329 e. The average molecular weight is 235 g/mol. The molecule has 2 aromatic rings. The van der Waals surface area contributed by atoms with Crippen molar-refractivity contribution in [1.29, 1.82) is 0 Å². The van der Waals surface area contributed by atoms with Gasteiger partial charge in [-0.15, -0.1) is 0 Å². The Bertz CT molecular complexity index is 622. The second kappa shape index (κ2) is 3.70. The maximum absolute atomic E-state index is 13.3. The number of hydrogen-bond acceptors (Lipinski definition) is 2. The fourth-order valence-electron chi connectivity index (χ4n) is 2.55. The maximum Gasteiger partial charge on any atom is 0.329 e. The summed E-state index contributed by atoms with van der Waals surface area (Å²) in [6.07, 6.45) is 0.912. The fraction of sp³-hybridized carbons (Fsp3) is 0.417. The number of hydrogen-bond donors (Lipinski definition) is 1. The first kappa shape index (κ1) is 10.5. The minimum Gasteiger partial charge on any atom is -0.315 e. The van der Waals surface area contributed by atoms with E-state index in [1.807, 2.05) is 0 Å². The van der Waals surface area contributed by atoms with Crippen molar-refractivity contribution >= 4 is 11.0 Å². The molecule has 1 atom stereocenters. The van der Waals surface area contributed by atoms with E-state index in [-0.39, 0.29) is 17.5 Å². The summed E-state index contributed by atoms with van der Waals surface area (Å²) in [5, 5.41) is 3.22. The third kappa shape index (κ3) is 1.50.